The lowest BCUT2D eigenvalue weighted by Gasteiger charge is -2.06. The Balaban J connectivity index is 1.69. The third-order valence-corrected chi connectivity index (χ3v) is 3.82. The zero-order valence-electron chi connectivity index (χ0n) is 11.2. The van der Waals surface area contributed by atoms with Gasteiger partial charge in [0.1, 0.15) is 0 Å². The normalized spacial score (nSPS) is 15.4. The zero-order chi connectivity index (χ0) is 12.5. The maximum absolute atomic E-state index is 4.49. The number of rotatable bonds is 5. The van der Waals surface area contributed by atoms with Crippen molar-refractivity contribution >= 4 is 11.0 Å². The molecule has 3 heteroatoms. The maximum atomic E-state index is 4.49. The minimum Gasteiger partial charge on any atom is -0.331 e. The van der Waals surface area contributed by atoms with Crippen molar-refractivity contribution in [2.24, 2.45) is 0 Å². The molecule has 1 aromatic heterocycles. The van der Waals surface area contributed by atoms with E-state index in [4.69, 9.17) is 0 Å². The van der Waals surface area contributed by atoms with Gasteiger partial charge in [0.25, 0.3) is 0 Å². The van der Waals surface area contributed by atoms with Crippen molar-refractivity contribution in [3.05, 3.63) is 29.6 Å². The SMILES string of the molecule is Cc1cc2ncn(CCCNC3CC3)c2cc1C. The summed E-state index contributed by atoms with van der Waals surface area (Å²) in [5.41, 5.74) is 5.06. The minimum absolute atomic E-state index is 0.814. The number of benzene rings is 1. The molecule has 18 heavy (non-hydrogen) atoms. The lowest BCUT2D eigenvalue weighted by Crippen LogP contribution is -2.18. The number of aryl methyl sites for hydroxylation is 3. The fraction of sp³-hybridized carbons (Fsp3) is 0.533. The molecular weight excluding hydrogens is 222 g/mol. The highest BCUT2D eigenvalue weighted by Crippen LogP contribution is 2.19. The average Bonchev–Trinajstić information content (AvgIpc) is 3.10. The first-order valence-electron chi connectivity index (χ1n) is 6.89. The fourth-order valence-corrected chi connectivity index (χ4v) is 2.33. The van der Waals surface area contributed by atoms with Crippen molar-refractivity contribution in [1.29, 1.82) is 0 Å². The molecule has 1 aromatic carbocycles. The van der Waals surface area contributed by atoms with Crippen molar-refractivity contribution in [3.63, 3.8) is 0 Å². The summed E-state index contributed by atoms with van der Waals surface area (Å²) < 4.78 is 2.27. The van der Waals surface area contributed by atoms with E-state index in [9.17, 15) is 0 Å². The highest BCUT2D eigenvalue weighted by atomic mass is 15.0. The van der Waals surface area contributed by atoms with Gasteiger partial charge in [-0.2, -0.15) is 0 Å². The number of nitrogens with one attached hydrogen (secondary N) is 1. The summed E-state index contributed by atoms with van der Waals surface area (Å²) in [4.78, 5) is 4.49. The predicted molar refractivity (Wildman–Crippen MR) is 74.8 cm³/mol. The summed E-state index contributed by atoms with van der Waals surface area (Å²) in [6.45, 7) is 6.49. The summed E-state index contributed by atoms with van der Waals surface area (Å²) in [5, 5.41) is 3.55. The number of aromatic nitrogens is 2. The number of hydrogen-bond donors (Lipinski definition) is 1. The second-order valence-electron chi connectivity index (χ2n) is 5.45. The molecule has 0 spiro atoms. The molecule has 1 N–H and O–H groups in total. The molecule has 1 aliphatic rings. The van der Waals surface area contributed by atoms with E-state index < -0.39 is 0 Å². The van der Waals surface area contributed by atoms with Crippen LogP contribution in [0.25, 0.3) is 11.0 Å². The maximum Gasteiger partial charge on any atom is 0.0958 e. The van der Waals surface area contributed by atoms with Gasteiger partial charge in [-0.05, 0) is 62.9 Å². The Labute approximate surface area is 108 Å². The molecule has 1 fully saturated rings. The molecule has 3 nitrogen and oxygen atoms in total. The Morgan fingerprint density at radius 2 is 2.06 bits per heavy atom. The lowest BCUT2D eigenvalue weighted by atomic mass is 10.1. The second-order valence-corrected chi connectivity index (χ2v) is 5.45. The van der Waals surface area contributed by atoms with Gasteiger partial charge >= 0.3 is 0 Å². The summed E-state index contributed by atoms with van der Waals surface area (Å²) >= 11 is 0. The molecule has 96 valence electrons. The summed E-state index contributed by atoms with van der Waals surface area (Å²) in [6.07, 6.45) is 5.88. The quantitative estimate of drug-likeness (QED) is 0.818. The molecule has 0 bridgehead atoms. The van der Waals surface area contributed by atoms with Crippen molar-refractivity contribution < 1.29 is 0 Å². The van der Waals surface area contributed by atoms with Gasteiger partial charge in [0.15, 0.2) is 0 Å². The number of imidazole rings is 1. The molecule has 2 aromatic rings. The first kappa shape index (κ1) is 11.7. The van der Waals surface area contributed by atoms with Crippen LogP contribution in [0, 0.1) is 13.8 Å². The van der Waals surface area contributed by atoms with Crippen molar-refractivity contribution in [3.8, 4) is 0 Å². The molecule has 0 unspecified atom stereocenters. The largest absolute Gasteiger partial charge is 0.331 e. The number of hydrogen-bond acceptors (Lipinski definition) is 2. The van der Waals surface area contributed by atoms with Gasteiger partial charge in [-0.15, -0.1) is 0 Å². The van der Waals surface area contributed by atoms with E-state index in [1.54, 1.807) is 0 Å². The lowest BCUT2D eigenvalue weighted by molar-refractivity contribution is 0.586. The fourth-order valence-electron chi connectivity index (χ4n) is 2.33. The van der Waals surface area contributed by atoms with Gasteiger partial charge in [0.2, 0.25) is 0 Å². The van der Waals surface area contributed by atoms with Crippen molar-refractivity contribution in [1.82, 2.24) is 14.9 Å². The molecule has 3 rings (SSSR count). The molecule has 0 aliphatic heterocycles. The topological polar surface area (TPSA) is 29.9 Å². The highest BCUT2D eigenvalue weighted by molar-refractivity contribution is 5.77. The Hall–Kier alpha value is -1.35. The first-order valence-corrected chi connectivity index (χ1v) is 6.89. The Kier molecular flexibility index (Phi) is 3.08. The van der Waals surface area contributed by atoms with Crippen LogP contribution in [-0.4, -0.2) is 22.1 Å². The van der Waals surface area contributed by atoms with Gasteiger partial charge in [-0.3, -0.25) is 0 Å². The van der Waals surface area contributed by atoms with Crippen LogP contribution in [-0.2, 0) is 6.54 Å². The van der Waals surface area contributed by atoms with Crippen LogP contribution in [0.1, 0.15) is 30.4 Å². The Morgan fingerprint density at radius 3 is 2.83 bits per heavy atom. The Morgan fingerprint density at radius 1 is 1.28 bits per heavy atom. The minimum atomic E-state index is 0.814. The first-order chi connectivity index (χ1) is 8.74. The molecule has 0 radical (unpaired) electrons. The van der Waals surface area contributed by atoms with Crippen LogP contribution in [0.4, 0.5) is 0 Å². The zero-order valence-corrected chi connectivity index (χ0v) is 11.2. The van der Waals surface area contributed by atoms with E-state index in [2.05, 4.69) is 40.8 Å². The second kappa shape index (κ2) is 4.73. The number of fused-ring (bicyclic) bond motifs is 1. The van der Waals surface area contributed by atoms with Crippen LogP contribution in [0.15, 0.2) is 18.5 Å². The van der Waals surface area contributed by atoms with Crippen molar-refractivity contribution in [2.45, 2.75) is 45.7 Å². The van der Waals surface area contributed by atoms with Gasteiger partial charge in [-0.25, -0.2) is 4.98 Å². The van der Waals surface area contributed by atoms with Crippen LogP contribution >= 0.6 is 0 Å². The Bertz CT molecular complexity index is 552. The monoisotopic (exact) mass is 243 g/mol. The van der Waals surface area contributed by atoms with Crippen LogP contribution in [0.2, 0.25) is 0 Å². The highest BCUT2D eigenvalue weighted by Gasteiger charge is 2.19. The van der Waals surface area contributed by atoms with Gasteiger partial charge in [0, 0.05) is 12.6 Å². The molecule has 0 saturated heterocycles. The van der Waals surface area contributed by atoms with E-state index >= 15 is 0 Å². The molecule has 0 atom stereocenters. The van der Waals surface area contributed by atoms with E-state index in [0.717, 1.165) is 24.6 Å². The van der Waals surface area contributed by atoms with E-state index in [1.165, 1.54) is 35.9 Å². The summed E-state index contributed by atoms with van der Waals surface area (Å²) in [7, 11) is 0. The molecular formula is C15H21N3. The summed E-state index contributed by atoms with van der Waals surface area (Å²) in [6, 6.07) is 5.25. The molecule has 1 heterocycles. The van der Waals surface area contributed by atoms with Crippen LogP contribution < -0.4 is 5.32 Å². The standard InChI is InChI=1S/C15H21N3/c1-11-8-14-15(9-12(11)2)18(10-17-14)7-3-6-16-13-4-5-13/h8-10,13,16H,3-7H2,1-2H3. The molecule has 0 amide bonds. The molecule has 1 saturated carbocycles. The van der Waals surface area contributed by atoms with E-state index in [1.807, 2.05) is 6.33 Å². The van der Waals surface area contributed by atoms with Crippen molar-refractivity contribution in [2.75, 3.05) is 6.54 Å². The van der Waals surface area contributed by atoms with Crippen LogP contribution in [0.5, 0.6) is 0 Å². The number of nitrogens with zero attached hydrogens (tertiary/aromatic N) is 2. The third-order valence-electron chi connectivity index (χ3n) is 3.82. The van der Waals surface area contributed by atoms with Gasteiger partial charge in [0.05, 0.1) is 17.4 Å². The van der Waals surface area contributed by atoms with E-state index in [-0.39, 0.29) is 0 Å². The summed E-state index contributed by atoms with van der Waals surface area (Å²) in [5.74, 6) is 0. The predicted octanol–water partition coefficient (Wildman–Crippen LogP) is 2.80. The smallest absolute Gasteiger partial charge is 0.0958 e. The van der Waals surface area contributed by atoms with Gasteiger partial charge < -0.3 is 9.88 Å². The van der Waals surface area contributed by atoms with E-state index in [0.29, 0.717) is 0 Å². The molecule has 1 aliphatic carbocycles. The average molecular weight is 243 g/mol. The van der Waals surface area contributed by atoms with Gasteiger partial charge in [-0.1, -0.05) is 0 Å². The third kappa shape index (κ3) is 2.41. The van der Waals surface area contributed by atoms with Crippen LogP contribution in [0.3, 0.4) is 0 Å².